The first-order valence-corrected chi connectivity index (χ1v) is 9.17. The van der Waals surface area contributed by atoms with E-state index in [2.05, 4.69) is 4.72 Å². The maximum absolute atomic E-state index is 12.8. The van der Waals surface area contributed by atoms with E-state index < -0.39 is 32.7 Å². The molecule has 0 spiro atoms. The topological polar surface area (TPSA) is 64.6 Å². The van der Waals surface area contributed by atoms with E-state index >= 15 is 0 Å². The van der Waals surface area contributed by atoms with Gasteiger partial charge in [-0.25, -0.2) is 13.1 Å². The van der Waals surface area contributed by atoms with Crippen LogP contribution in [0.25, 0.3) is 0 Å². The molecule has 9 heteroatoms. The number of nitrogens with one attached hydrogen (secondary N) is 1. The summed E-state index contributed by atoms with van der Waals surface area (Å²) >= 11 is 0. The number of halogens is 3. The molecule has 1 aliphatic rings. The molecule has 140 valence electrons. The van der Waals surface area contributed by atoms with Crippen molar-refractivity contribution in [2.75, 3.05) is 13.7 Å². The summed E-state index contributed by atoms with van der Waals surface area (Å²) in [7, 11) is -2.62. The summed E-state index contributed by atoms with van der Waals surface area (Å²) in [6.45, 7) is 0.0472. The van der Waals surface area contributed by atoms with Crippen LogP contribution in [0.2, 0.25) is 0 Å². The van der Waals surface area contributed by atoms with Crippen LogP contribution in [0, 0.1) is 0 Å². The Balaban J connectivity index is 1.81. The average Bonchev–Trinajstić information content (AvgIpc) is 2.60. The second-order valence-corrected chi connectivity index (χ2v) is 7.52. The normalized spacial score (nSPS) is 17.3. The molecule has 2 aromatic carbocycles. The van der Waals surface area contributed by atoms with Gasteiger partial charge in [0, 0.05) is 0 Å². The van der Waals surface area contributed by atoms with Gasteiger partial charge in [0.1, 0.15) is 6.61 Å². The van der Waals surface area contributed by atoms with Gasteiger partial charge >= 0.3 is 6.18 Å². The van der Waals surface area contributed by atoms with E-state index in [1.54, 1.807) is 18.2 Å². The fourth-order valence-electron chi connectivity index (χ4n) is 2.76. The molecule has 0 fully saturated rings. The lowest BCUT2D eigenvalue weighted by molar-refractivity contribution is -0.137. The van der Waals surface area contributed by atoms with Crippen molar-refractivity contribution in [3.63, 3.8) is 0 Å². The molecule has 1 atom stereocenters. The first kappa shape index (κ1) is 18.5. The Kier molecular flexibility index (Phi) is 4.85. The first-order chi connectivity index (χ1) is 12.2. The van der Waals surface area contributed by atoms with Gasteiger partial charge in [0.15, 0.2) is 11.5 Å². The van der Waals surface area contributed by atoms with Crippen molar-refractivity contribution in [3.8, 4) is 11.5 Å². The highest BCUT2D eigenvalue weighted by atomic mass is 32.2. The highest BCUT2D eigenvalue weighted by molar-refractivity contribution is 7.89. The number of fused-ring (bicyclic) bond motifs is 1. The van der Waals surface area contributed by atoms with E-state index in [0.717, 1.165) is 23.8 Å². The Morgan fingerprint density at radius 2 is 1.92 bits per heavy atom. The fourth-order valence-corrected chi connectivity index (χ4v) is 4.02. The molecule has 26 heavy (non-hydrogen) atoms. The van der Waals surface area contributed by atoms with E-state index in [1.165, 1.54) is 7.11 Å². The summed E-state index contributed by atoms with van der Waals surface area (Å²) in [5.41, 5.74) is -0.261. The zero-order valence-electron chi connectivity index (χ0n) is 13.7. The van der Waals surface area contributed by atoms with Crippen LogP contribution in [-0.4, -0.2) is 28.2 Å². The van der Waals surface area contributed by atoms with Gasteiger partial charge < -0.3 is 9.47 Å². The molecule has 5 nitrogen and oxygen atoms in total. The fraction of sp³-hybridized carbons (Fsp3) is 0.294. The molecule has 1 aliphatic heterocycles. The van der Waals surface area contributed by atoms with Crippen molar-refractivity contribution >= 4 is 10.0 Å². The summed E-state index contributed by atoms with van der Waals surface area (Å²) in [4.78, 5) is -0.441. The minimum absolute atomic E-state index is 0.0472. The zero-order valence-corrected chi connectivity index (χ0v) is 14.5. The van der Waals surface area contributed by atoms with E-state index in [1.807, 2.05) is 0 Å². The SMILES string of the molecule is COc1cccc2c1OCC(NS(=O)(=O)c1cccc(C(F)(F)F)c1)C2. The molecular weight excluding hydrogens is 371 g/mol. The van der Waals surface area contributed by atoms with Gasteiger partial charge in [0.05, 0.1) is 23.6 Å². The third-order valence-corrected chi connectivity index (χ3v) is 5.49. The number of hydrogen-bond acceptors (Lipinski definition) is 4. The van der Waals surface area contributed by atoms with Crippen LogP contribution in [0.3, 0.4) is 0 Å². The lowest BCUT2D eigenvalue weighted by Gasteiger charge is -2.27. The molecule has 1 unspecified atom stereocenters. The predicted molar refractivity (Wildman–Crippen MR) is 87.7 cm³/mol. The summed E-state index contributed by atoms with van der Waals surface area (Å²) in [6.07, 6.45) is -4.28. The Bertz CT molecular complexity index is 912. The summed E-state index contributed by atoms with van der Waals surface area (Å²) in [5, 5.41) is 0. The molecular formula is C17H16F3NO4S. The van der Waals surface area contributed by atoms with Gasteiger partial charge in [-0.1, -0.05) is 18.2 Å². The lowest BCUT2D eigenvalue weighted by atomic mass is 10.0. The smallest absolute Gasteiger partial charge is 0.416 e. The van der Waals surface area contributed by atoms with Crippen LogP contribution in [0.4, 0.5) is 13.2 Å². The summed E-state index contributed by atoms with van der Waals surface area (Å²) in [6, 6.07) is 8.29. The largest absolute Gasteiger partial charge is 0.493 e. The minimum atomic E-state index is -4.62. The van der Waals surface area contributed by atoms with Crippen LogP contribution < -0.4 is 14.2 Å². The minimum Gasteiger partial charge on any atom is -0.493 e. The lowest BCUT2D eigenvalue weighted by Crippen LogP contribution is -2.42. The highest BCUT2D eigenvalue weighted by Gasteiger charge is 2.32. The standard InChI is InChI=1S/C17H16F3NO4S/c1-24-15-7-2-4-11-8-13(10-25-16(11)15)21-26(22,23)14-6-3-5-12(9-14)17(18,19)20/h2-7,9,13,21H,8,10H2,1H3. The van der Waals surface area contributed by atoms with E-state index in [4.69, 9.17) is 9.47 Å². The van der Waals surface area contributed by atoms with Gasteiger partial charge in [-0.3, -0.25) is 0 Å². The number of methoxy groups -OCH3 is 1. The number of benzene rings is 2. The summed E-state index contributed by atoms with van der Waals surface area (Å²) < 4.78 is 76.5. The molecule has 3 rings (SSSR count). The monoisotopic (exact) mass is 387 g/mol. The average molecular weight is 387 g/mol. The van der Waals surface area contributed by atoms with Gasteiger partial charge in [-0.15, -0.1) is 0 Å². The van der Waals surface area contributed by atoms with Crippen LogP contribution in [0.15, 0.2) is 47.4 Å². The van der Waals surface area contributed by atoms with Crippen molar-refractivity contribution < 1.29 is 31.1 Å². The van der Waals surface area contributed by atoms with Crippen molar-refractivity contribution in [3.05, 3.63) is 53.6 Å². The second-order valence-electron chi connectivity index (χ2n) is 5.81. The molecule has 0 radical (unpaired) electrons. The number of alkyl halides is 3. The number of rotatable bonds is 4. The Morgan fingerprint density at radius 1 is 1.19 bits per heavy atom. The molecule has 0 saturated carbocycles. The number of ether oxygens (including phenoxy) is 2. The Hall–Kier alpha value is -2.26. The third-order valence-electron chi connectivity index (χ3n) is 3.97. The van der Waals surface area contributed by atoms with Crippen molar-refractivity contribution in [2.45, 2.75) is 23.5 Å². The van der Waals surface area contributed by atoms with E-state index in [9.17, 15) is 21.6 Å². The van der Waals surface area contributed by atoms with Crippen LogP contribution in [0.1, 0.15) is 11.1 Å². The molecule has 0 saturated heterocycles. The van der Waals surface area contributed by atoms with Crippen LogP contribution >= 0.6 is 0 Å². The van der Waals surface area contributed by atoms with Crippen molar-refractivity contribution in [1.29, 1.82) is 0 Å². The molecule has 2 aromatic rings. The maximum atomic E-state index is 12.8. The molecule has 0 amide bonds. The van der Waals surface area contributed by atoms with Crippen LogP contribution in [-0.2, 0) is 22.6 Å². The first-order valence-electron chi connectivity index (χ1n) is 7.69. The Labute approximate surface area is 148 Å². The predicted octanol–water partition coefficient (Wildman–Crippen LogP) is 3.00. The molecule has 1 N–H and O–H groups in total. The zero-order chi connectivity index (χ0) is 18.9. The summed E-state index contributed by atoms with van der Waals surface area (Å²) in [5.74, 6) is 1.09. The van der Waals surface area contributed by atoms with Gasteiger partial charge in [-0.05, 0) is 36.2 Å². The number of sulfonamides is 1. The Morgan fingerprint density at radius 3 is 2.62 bits per heavy atom. The van der Waals surface area contributed by atoms with Gasteiger partial charge in [0.2, 0.25) is 10.0 Å². The van der Waals surface area contributed by atoms with Crippen molar-refractivity contribution in [1.82, 2.24) is 4.72 Å². The highest BCUT2D eigenvalue weighted by Crippen LogP contribution is 2.35. The quantitative estimate of drug-likeness (QED) is 0.876. The van der Waals surface area contributed by atoms with Crippen molar-refractivity contribution in [2.24, 2.45) is 0 Å². The van der Waals surface area contributed by atoms with Gasteiger partial charge in [0.25, 0.3) is 0 Å². The second kappa shape index (κ2) is 6.81. The van der Waals surface area contributed by atoms with E-state index in [-0.39, 0.29) is 6.61 Å². The molecule has 0 aliphatic carbocycles. The maximum Gasteiger partial charge on any atom is 0.416 e. The number of hydrogen-bond donors (Lipinski definition) is 1. The third kappa shape index (κ3) is 3.78. The molecule has 0 bridgehead atoms. The van der Waals surface area contributed by atoms with E-state index in [0.29, 0.717) is 24.0 Å². The molecule has 0 aromatic heterocycles. The molecule has 1 heterocycles. The number of para-hydroxylation sites is 1. The van der Waals surface area contributed by atoms with Crippen LogP contribution in [0.5, 0.6) is 11.5 Å². The van der Waals surface area contributed by atoms with Gasteiger partial charge in [-0.2, -0.15) is 13.2 Å².